The van der Waals surface area contributed by atoms with Gasteiger partial charge in [-0.25, -0.2) is 0 Å². The Labute approximate surface area is 93.8 Å². The SMILES string of the molecule is CCC(C)C1(N)CC2CC1C1CCCC21. The van der Waals surface area contributed by atoms with Gasteiger partial charge in [0, 0.05) is 5.54 Å². The fourth-order valence-corrected chi connectivity index (χ4v) is 5.18. The summed E-state index contributed by atoms with van der Waals surface area (Å²) >= 11 is 0. The summed E-state index contributed by atoms with van der Waals surface area (Å²) in [4.78, 5) is 0. The van der Waals surface area contributed by atoms with E-state index in [1.54, 1.807) is 0 Å². The average Bonchev–Trinajstić information content (AvgIpc) is 2.85. The molecule has 0 spiro atoms. The van der Waals surface area contributed by atoms with Crippen molar-refractivity contribution in [2.24, 2.45) is 35.3 Å². The quantitative estimate of drug-likeness (QED) is 0.739. The summed E-state index contributed by atoms with van der Waals surface area (Å²) in [7, 11) is 0. The first kappa shape index (κ1) is 10.1. The summed E-state index contributed by atoms with van der Waals surface area (Å²) in [5.74, 6) is 4.71. The highest BCUT2D eigenvalue weighted by Gasteiger charge is 2.60. The highest BCUT2D eigenvalue weighted by Crippen LogP contribution is 2.63. The van der Waals surface area contributed by atoms with Crippen LogP contribution in [-0.2, 0) is 0 Å². The minimum Gasteiger partial charge on any atom is -0.325 e. The fourth-order valence-electron chi connectivity index (χ4n) is 5.18. The minimum absolute atomic E-state index is 0.213. The first-order valence-corrected chi connectivity index (χ1v) is 6.95. The fraction of sp³-hybridized carbons (Fsp3) is 1.00. The molecule has 6 unspecified atom stereocenters. The lowest BCUT2D eigenvalue weighted by Gasteiger charge is -2.44. The van der Waals surface area contributed by atoms with Gasteiger partial charge in [-0.15, -0.1) is 0 Å². The highest BCUT2D eigenvalue weighted by molar-refractivity contribution is 5.13. The Morgan fingerprint density at radius 2 is 2.07 bits per heavy atom. The summed E-state index contributed by atoms with van der Waals surface area (Å²) in [6.07, 6.45) is 8.56. The van der Waals surface area contributed by atoms with E-state index in [4.69, 9.17) is 5.73 Å². The monoisotopic (exact) mass is 207 g/mol. The molecule has 1 nitrogen and oxygen atoms in total. The topological polar surface area (TPSA) is 26.0 Å². The van der Waals surface area contributed by atoms with E-state index in [1.807, 2.05) is 0 Å². The third-order valence-electron chi connectivity index (χ3n) is 6.14. The number of rotatable bonds is 2. The molecule has 0 aromatic carbocycles. The standard InChI is InChI=1S/C14H25N/c1-3-9(2)14(15)8-10-7-13(14)12-6-4-5-11(10)12/h9-13H,3-8,15H2,1-2H3. The molecular weight excluding hydrogens is 182 g/mol. The molecule has 1 heteroatoms. The van der Waals surface area contributed by atoms with Crippen molar-refractivity contribution >= 4 is 0 Å². The summed E-state index contributed by atoms with van der Waals surface area (Å²) in [6, 6.07) is 0. The van der Waals surface area contributed by atoms with Crippen molar-refractivity contribution in [2.75, 3.05) is 0 Å². The predicted octanol–water partition coefficient (Wildman–Crippen LogP) is 3.19. The van der Waals surface area contributed by atoms with Gasteiger partial charge in [0.2, 0.25) is 0 Å². The van der Waals surface area contributed by atoms with E-state index < -0.39 is 0 Å². The zero-order chi connectivity index (χ0) is 10.6. The molecule has 0 aromatic rings. The molecule has 0 saturated heterocycles. The van der Waals surface area contributed by atoms with Gasteiger partial charge in [0.15, 0.2) is 0 Å². The molecule has 0 amide bonds. The van der Waals surface area contributed by atoms with Crippen LogP contribution in [0.3, 0.4) is 0 Å². The van der Waals surface area contributed by atoms with E-state index in [1.165, 1.54) is 38.5 Å². The van der Waals surface area contributed by atoms with Gasteiger partial charge in [0.1, 0.15) is 0 Å². The molecule has 3 aliphatic rings. The van der Waals surface area contributed by atoms with E-state index in [0.717, 1.165) is 29.6 Å². The first-order chi connectivity index (χ1) is 7.16. The lowest BCUT2D eigenvalue weighted by molar-refractivity contribution is 0.107. The van der Waals surface area contributed by atoms with Gasteiger partial charge in [-0.05, 0) is 55.3 Å². The number of hydrogen-bond donors (Lipinski definition) is 1. The molecule has 86 valence electrons. The molecule has 3 fully saturated rings. The zero-order valence-corrected chi connectivity index (χ0v) is 10.2. The minimum atomic E-state index is 0.213. The Morgan fingerprint density at radius 3 is 2.80 bits per heavy atom. The van der Waals surface area contributed by atoms with E-state index >= 15 is 0 Å². The average molecular weight is 207 g/mol. The Hall–Kier alpha value is -0.0400. The smallest absolute Gasteiger partial charge is 0.0214 e. The first-order valence-electron chi connectivity index (χ1n) is 6.95. The zero-order valence-electron chi connectivity index (χ0n) is 10.2. The maximum Gasteiger partial charge on any atom is 0.0214 e. The van der Waals surface area contributed by atoms with E-state index in [0.29, 0.717) is 0 Å². The lowest BCUT2D eigenvalue weighted by Crippen LogP contribution is -2.53. The Kier molecular flexibility index (Phi) is 2.18. The van der Waals surface area contributed by atoms with Crippen LogP contribution in [0.5, 0.6) is 0 Å². The van der Waals surface area contributed by atoms with Crippen LogP contribution >= 0.6 is 0 Å². The van der Waals surface area contributed by atoms with Crippen molar-refractivity contribution in [2.45, 2.75) is 57.9 Å². The van der Waals surface area contributed by atoms with Gasteiger partial charge in [-0.1, -0.05) is 26.7 Å². The van der Waals surface area contributed by atoms with Crippen LogP contribution in [0.1, 0.15) is 52.4 Å². The molecule has 0 heterocycles. The maximum atomic E-state index is 6.75. The molecular formula is C14H25N. The normalized spacial score (nSPS) is 54.6. The molecule has 2 N–H and O–H groups in total. The molecule has 0 aromatic heterocycles. The van der Waals surface area contributed by atoms with Crippen molar-refractivity contribution in [3.05, 3.63) is 0 Å². The van der Waals surface area contributed by atoms with Crippen LogP contribution in [-0.4, -0.2) is 5.54 Å². The summed E-state index contributed by atoms with van der Waals surface area (Å²) < 4.78 is 0. The van der Waals surface area contributed by atoms with Crippen molar-refractivity contribution in [3.63, 3.8) is 0 Å². The largest absolute Gasteiger partial charge is 0.325 e. The molecule has 3 aliphatic carbocycles. The highest BCUT2D eigenvalue weighted by atomic mass is 14.8. The summed E-state index contributed by atoms with van der Waals surface area (Å²) in [5.41, 5.74) is 6.97. The van der Waals surface area contributed by atoms with Crippen LogP contribution in [0.2, 0.25) is 0 Å². The van der Waals surface area contributed by atoms with Crippen molar-refractivity contribution in [1.82, 2.24) is 0 Å². The second-order valence-electron chi connectivity index (χ2n) is 6.49. The summed E-state index contributed by atoms with van der Waals surface area (Å²) in [6.45, 7) is 4.68. The van der Waals surface area contributed by atoms with Crippen LogP contribution in [0, 0.1) is 29.6 Å². The van der Waals surface area contributed by atoms with E-state index in [2.05, 4.69) is 13.8 Å². The van der Waals surface area contributed by atoms with Crippen molar-refractivity contribution < 1.29 is 0 Å². The molecule has 0 aliphatic heterocycles. The van der Waals surface area contributed by atoms with E-state index in [9.17, 15) is 0 Å². The van der Waals surface area contributed by atoms with Crippen LogP contribution in [0.4, 0.5) is 0 Å². The molecule has 3 saturated carbocycles. The van der Waals surface area contributed by atoms with Gasteiger partial charge in [-0.2, -0.15) is 0 Å². The van der Waals surface area contributed by atoms with Crippen molar-refractivity contribution in [3.8, 4) is 0 Å². The van der Waals surface area contributed by atoms with Gasteiger partial charge in [0.25, 0.3) is 0 Å². The van der Waals surface area contributed by atoms with E-state index in [-0.39, 0.29) is 5.54 Å². The molecule has 2 bridgehead atoms. The number of fused-ring (bicyclic) bond motifs is 5. The second-order valence-corrected chi connectivity index (χ2v) is 6.49. The Morgan fingerprint density at radius 1 is 1.33 bits per heavy atom. The van der Waals surface area contributed by atoms with Gasteiger partial charge in [-0.3, -0.25) is 0 Å². The maximum absolute atomic E-state index is 6.75. The molecule has 0 radical (unpaired) electrons. The predicted molar refractivity (Wildman–Crippen MR) is 63.4 cm³/mol. The Balaban J connectivity index is 1.86. The number of hydrogen-bond acceptors (Lipinski definition) is 1. The third kappa shape index (κ3) is 1.19. The summed E-state index contributed by atoms with van der Waals surface area (Å²) in [5, 5.41) is 0. The van der Waals surface area contributed by atoms with Crippen LogP contribution in [0.15, 0.2) is 0 Å². The van der Waals surface area contributed by atoms with Crippen LogP contribution < -0.4 is 5.73 Å². The second kappa shape index (κ2) is 3.23. The molecule has 6 atom stereocenters. The molecule has 3 rings (SSSR count). The van der Waals surface area contributed by atoms with Gasteiger partial charge >= 0.3 is 0 Å². The van der Waals surface area contributed by atoms with Gasteiger partial charge < -0.3 is 5.73 Å². The number of nitrogens with two attached hydrogens (primary N) is 1. The molecule has 15 heavy (non-hydrogen) atoms. The van der Waals surface area contributed by atoms with Crippen LogP contribution in [0.25, 0.3) is 0 Å². The van der Waals surface area contributed by atoms with Gasteiger partial charge in [0.05, 0.1) is 0 Å². The van der Waals surface area contributed by atoms with Crippen molar-refractivity contribution in [1.29, 1.82) is 0 Å². The lowest BCUT2D eigenvalue weighted by atomic mass is 9.66. The third-order valence-corrected chi connectivity index (χ3v) is 6.14. The Bertz CT molecular complexity index is 262.